The van der Waals surface area contributed by atoms with Crippen molar-refractivity contribution in [3.05, 3.63) is 63.7 Å². The Morgan fingerprint density at radius 2 is 1.80 bits per heavy atom. The summed E-state index contributed by atoms with van der Waals surface area (Å²) in [5, 5.41) is 13.8. The fourth-order valence-corrected chi connectivity index (χ4v) is 4.40. The monoisotopic (exact) mass is 506 g/mol. The first-order valence-corrected chi connectivity index (χ1v) is 12.6. The molecule has 35 heavy (non-hydrogen) atoms. The van der Waals surface area contributed by atoms with Crippen LogP contribution in [0.1, 0.15) is 24.5 Å². The SMILES string of the molecule is CCC(C(=O)NC)N(Cc1ccc(C)cc1)C(=O)CN(c1cc([N+](=O)[O-])ccc1OC)S(C)(=O)=O. The number of hydrogen-bond donors (Lipinski definition) is 1. The number of anilines is 1. The number of nitrogens with zero attached hydrogens (tertiary/aromatic N) is 3. The van der Waals surface area contributed by atoms with Crippen LogP contribution in [0.15, 0.2) is 42.5 Å². The lowest BCUT2D eigenvalue weighted by atomic mass is 10.1. The van der Waals surface area contributed by atoms with E-state index < -0.39 is 39.3 Å². The van der Waals surface area contributed by atoms with Crippen molar-refractivity contribution in [2.75, 3.05) is 31.3 Å². The van der Waals surface area contributed by atoms with Gasteiger partial charge >= 0.3 is 0 Å². The fraction of sp³-hybridized carbons (Fsp3) is 0.391. The van der Waals surface area contributed by atoms with E-state index in [2.05, 4.69) is 5.32 Å². The molecule has 0 aliphatic heterocycles. The van der Waals surface area contributed by atoms with Gasteiger partial charge in [0.05, 0.1) is 18.3 Å². The molecule has 2 aromatic rings. The molecule has 12 heteroatoms. The summed E-state index contributed by atoms with van der Waals surface area (Å²) in [6.45, 7) is 3.04. The van der Waals surface area contributed by atoms with Gasteiger partial charge in [-0.15, -0.1) is 0 Å². The van der Waals surface area contributed by atoms with Crippen LogP contribution in [-0.2, 0) is 26.2 Å². The van der Waals surface area contributed by atoms with E-state index in [4.69, 9.17) is 4.74 Å². The summed E-state index contributed by atoms with van der Waals surface area (Å²) < 4.78 is 31.4. The van der Waals surface area contributed by atoms with Crippen molar-refractivity contribution in [3.8, 4) is 5.75 Å². The maximum absolute atomic E-state index is 13.5. The predicted molar refractivity (Wildman–Crippen MR) is 132 cm³/mol. The Hall–Kier alpha value is -3.67. The van der Waals surface area contributed by atoms with E-state index in [0.717, 1.165) is 27.8 Å². The van der Waals surface area contributed by atoms with Crippen LogP contribution in [-0.4, -0.2) is 63.1 Å². The van der Waals surface area contributed by atoms with Crippen molar-refractivity contribution < 1.29 is 27.7 Å². The zero-order valence-corrected chi connectivity index (χ0v) is 21.2. The Morgan fingerprint density at radius 3 is 2.29 bits per heavy atom. The van der Waals surface area contributed by atoms with Crippen LogP contribution in [0.5, 0.6) is 5.75 Å². The molecule has 2 amide bonds. The van der Waals surface area contributed by atoms with E-state index in [0.29, 0.717) is 0 Å². The highest BCUT2D eigenvalue weighted by Crippen LogP contribution is 2.34. The Balaban J connectivity index is 2.54. The second-order valence-corrected chi connectivity index (χ2v) is 9.84. The fourth-order valence-electron chi connectivity index (χ4n) is 3.56. The molecule has 0 aromatic heterocycles. The second kappa shape index (κ2) is 11.6. The Bertz CT molecular complexity index is 1180. The number of carbonyl (C=O) groups excluding carboxylic acids is 2. The number of amides is 2. The van der Waals surface area contributed by atoms with Gasteiger partial charge in [-0.1, -0.05) is 36.8 Å². The van der Waals surface area contributed by atoms with Crippen molar-refractivity contribution in [1.29, 1.82) is 0 Å². The molecular formula is C23H30N4O7S. The van der Waals surface area contributed by atoms with E-state index in [1.54, 1.807) is 6.92 Å². The third-order valence-electron chi connectivity index (χ3n) is 5.43. The third-order valence-corrected chi connectivity index (χ3v) is 6.55. The summed E-state index contributed by atoms with van der Waals surface area (Å²) in [6, 6.07) is 10.0. The molecule has 0 heterocycles. The van der Waals surface area contributed by atoms with E-state index >= 15 is 0 Å². The molecule has 2 rings (SSSR count). The van der Waals surface area contributed by atoms with Crippen molar-refractivity contribution >= 4 is 33.2 Å². The molecule has 0 aliphatic rings. The minimum atomic E-state index is -4.08. The molecule has 0 fully saturated rings. The van der Waals surface area contributed by atoms with Crippen molar-refractivity contribution in [2.24, 2.45) is 0 Å². The van der Waals surface area contributed by atoms with Gasteiger partial charge in [0.15, 0.2) is 0 Å². The number of carbonyl (C=O) groups is 2. The van der Waals surface area contributed by atoms with Gasteiger partial charge in [-0.2, -0.15) is 0 Å². The van der Waals surface area contributed by atoms with E-state index in [-0.39, 0.29) is 30.1 Å². The van der Waals surface area contributed by atoms with Gasteiger partial charge in [-0.05, 0) is 25.0 Å². The number of nitrogens with one attached hydrogen (secondary N) is 1. The summed E-state index contributed by atoms with van der Waals surface area (Å²) in [6.07, 6.45) is 1.18. The van der Waals surface area contributed by atoms with Gasteiger partial charge in [0.25, 0.3) is 5.69 Å². The molecule has 0 saturated heterocycles. The number of sulfonamides is 1. The van der Waals surface area contributed by atoms with Crippen LogP contribution in [0.25, 0.3) is 0 Å². The first-order chi connectivity index (χ1) is 16.4. The van der Waals surface area contributed by atoms with Crippen LogP contribution >= 0.6 is 0 Å². The van der Waals surface area contributed by atoms with Crippen molar-refractivity contribution in [1.82, 2.24) is 10.2 Å². The highest BCUT2D eigenvalue weighted by atomic mass is 32.2. The number of likely N-dealkylation sites (N-methyl/N-ethyl adjacent to an activating group) is 1. The van der Waals surface area contributed by atoms with Crippen LogP contribution in [0.4, 0.5) is 11.4 Å². The summed E-state index contributed by atoms with van der Waals surface area (Å²) in [4.78, 5) is 38.1. The number of ether oxygens (including phenoxy) is 1. The predicted octanol–water partition coefficient (Wildman–Crippen LogP) is 2.23. The van der Waals surface area contributed by atoms with Crippen LogP contribution in [0, 0.1) is 17.0 Å². The number of aryl methyl sites for hydroxylation is 1. The van der Waals surface area contributed by atoms with Gasteiger partial charge in [0.2, 0.25) is 21.8 Å². The summed E-state index contributed by atoms with van der Waals surface area (Å²) in [5.74, 6) is -1.01. The van der Waals surface area contributed by atoms with Crippen molar-refractivity contribution in [3.63, 3.8) is 0 Å². The van der Waals surface area contributed by atoms with Crippen LogP contribution < -0.4 is 14.4 Å². The molecule has 190 valence electrons. The molecule has 1 unspecified atom stereocenters. The molecule has 2 aromatic carbocycles. The zero-order valence-electron chi connectivity index (χ0n) is 20.3. The lowest BCUT2D eigenvalue weighted by Crippen LogP contribution is -2.51. The third kappa shape index (κ3) is 6.92. The Kier molecular flexibility index (Phi) is 9.18. The van der Waals surface area contributed by atoms with Gasteiger partial charge in [0.1, 0.15) is 24.0 Å². The number of nitro groups is 1. The van der Waals surface area contributed by atoms with E-state index in [1.807, 2.05) is 31.2 Å². The molecule has 0 bridgehead atoms. The molecule has 1 N–H and O–H groups in total. The van der Waals surface area contributed by atoms with Crippen LogP contribution in [0.2, 0.25) is 0 Å². The molecule has 0 radical (unpaired) electrons. The number of non-ortho nitro benzene ring substituents is 1. The summed E-state index contributed by atoms with van der Waals surface area (Å²) >= 11 is 0. The average Bonchev–Trinajstić information content (AvgIpc) is 2.82. The molecule has 0 aliphatic carbocycles. The van der Waals surface area contributed by atoms with Gasteiger partial charge in [-0.3, -0.25) is 24.0 Å². The first kappa shape index (κ1) is 27.6. The topological polar surface area (TPSA) is 139 Å². The second-order valence-electron chi connectivity index (χ2n) is 7.93. The molecule has 0 spiro atoms. The zero-order chi connectivity index (χ0) is 26.3. The summed E-state index contributed by atoms with van der Waals surface area (Å²) in [7, 11) is -1.33. The quantitative estimate of drug-likeness (QED) is 0.364. The smallest absolute Gasteiger partial charge is 0.271 e. The van der Waals surface area contributed by atoms with Crippen LogP contribution in [0.3, 0.4) is 0 Å². The molecule has 11 nitrogen and oxygen atoms in total. The normalized spacial score (nSPS) is 11.9. The number of hydrogen-bond acceptors (Lipinski definition) is 7. The van der Waals surface area contributed by atoms with Crippen molar-refractivity contribution in [2.45, 2.75) is 32.9 Å². The lowest BCUT2D eigenvalue weighted by Gasteiger charge is -2.32. The largest absolute Gasteiger partial charge is 0.495 e. The van der Waals surface area contributed by atoms with E-state index in [9.17, 15) is 28.1 Å². The minimum Gasteiger partial charge on any atom is -0.495 e. The van der Waals surface area contributed by atoms with Gasteiger partial charge in [-0.25, -0.2) is 8.42 Å². The Labute approximate surface area is 204 Å². The Morgan fingerprint density at radius 1 is 1.17 bits per heavy atom. The highest BCUT2D eigenvalue weighted by Gasteiger charge is 2.32. The number of rotatable bonds is 11. The lowest BCUT2D eigenvalue weighted by molar-refractivity contribution is -0.384. The maximum Gasteiger partial charge on any atom is 0.271 e. The van der Waals surface area contributed by atoms with Gasteiger partial charge < -0.3 is 15.0 Å². The standard InChI is InChI=1S/C23H30N4O7S/c1-6-19(23(29)24-3)25(14-17-9-7-16(2)8-10-17)22(28)15-26(35(5,32)33)20-13-18(27(30)31)11-12-21(20)34-4/h7-13,19H,6,14-15H2,1-5H3,(H,24,29). The first-order valence-electron chi connectivity index (χ1n) is 10.8. The molecular weight excluding hydrogens is 476 g/mol. The average molecular weight is 507 g/mol. The van der Waals surface area contributed by atoms with Gasteiger partial charge in [0, 0.05) is 25.7 Å². The number of methoxy groups -OCH3 is 1. The number of benzene rings is 2. The molecule has 0 saturated carbocycles. The highest BCUT2D eigenvalue weighted by molar-refractivity contribution is 7.92. The summed E-state index contributed by atoms with van der Waals surface area (Å²) in [5.41, 5.74) is 1.26. The number of nitro benzene ring substituents is 1. The minimum absolute atomic E-state index is 0.0391. The van der Waals surface area contributed by atoms with E-state index in [1.165, 1.54) is 31.2 Å². The maximum atomic E-state index is 13.5. The molecule has 1 atom stereocenters.